The second kappa shape index (κ2) is 7.99. The van der Waals surface area contributed by atoms with Crippen molar-refractivity contribution in [3.05, 3.63) is 70.9 Å². The summed E-state index contributed by atoms with van der Waals surface area (Å²) in [5.41, 5.74) is 3.15. The highest BCUT2D eigenvalue weighted by Crippen LogP contribution is 2.31. The van der Waals surface area contributed by atoms with Crippen LogP contribution in [-0.2, 0) is 14.8 Å². The van der Waals surface area contributed by atoms with E-state index in [1.54, 1.807) is 4.90 Å². The zero-order chi connectivity index (χ0) is 21.3. The number of nitrogens with zero attached hydrogens (tertiary/aromatic N) is 4. The van der Waals surface area contributed by atoms with Gasteiger partial charge in [-0.3, -0.25) is 4.79 Å². The van der Waals surface area contributed by atoms with Crippen molar-refractivity contribution in [2.75, 3.05) is 32.8 Å². The lowest BCUT2D eigenvalue weighted by Gasteiger charge is -2.42. The Bertz CT molecular complexity index is 1120. The molecule has 0 saturated carbocycles. The summed E-state index contributed by atoms with van der Waals surface area (Å²) in [5.74, 6) is -0.711. The smallest absolute Gasteiger partial charge is 0.261 e. The molecule has 1 amide bonds. The number of hydrogen-bond acceptors (Lipinski definition) is 6. The summed E-state index contributed by atoms with van der Waals surface area (Å²) in [6.07, 6.45) is 1.24. The number of aromatic nitrogens is 1. The number of rotatable bonds is 5. The van der Waals surface area contributed by atoms with E-state index < -0.39 is 15.9 Å². The zero-order valence-corrected chi connectivity index (χ0v) is 16.9. The Morgan fingerprint density at radius 1 is 1.10 bits per heavy atom. The van der Waals surface area contributed by atoms with Crippen molar-refractivity contribution in [1.29, 1.82) is 5.26 Å². The van der Waals surface area contributed by atoms with E-state index in [1.165, 1.54) is 22.6 Å². The van der Waals surface area contributed by atoms with Gasteiger partial charge in [0.15, 0.2) is 5.03 Å². The molecular formula is C21H20N4O4S. The number of aliphatic hydroxyl groups excluding tert-OH is 1. The Kier molecular flexibility index (Phi) is 5.39. The van der Waals surface area contributed by atoms with Crippen molar-refractivity contribution in [2.45, 2.75) is 10.9 Å². The maximum absolute atomic E-state index is 12.7. The molecule has 2 aromatic rings. The first-order chi connectivity index (χ1) is 14.4. The third kappa shape index (κ3) is 3.61. The fourth-order valence-electron chi connectivity index (χ4n) is 3.53. The summed E-state index contributed by atoms with van der Waals surface area (Å²) in [7, 11) is -3.70. The van der Waals surface area contributed by atoms with E-state index in [-0.39, 0.29) is 30.6 Å². The van der Waals surface area contributed by atoms with Crippen LogP contribution in [0.3, 0.4) is 0 Å². The highest BCUT2D eigenvalue weighted by Gasteiger charge is 2.39. The van der Waals surface area contributed by atoms with E-state index in [4.69, 9.17) is 5.26 Å². The van der Waals surface area contributed by atoms with Gasteiger partial charge in [-0.25, -0.2) is 13.4 Å². The van der Waals surface area contributed by atoms with E-state index in [1.807, 2.05) is 36.4 Å². The topological polar surface area (TPSA) is 115 Å². The van der Waals surface area contributed by atoms with E-state index in [0.29, 0.717) is 18.7 Å². The van der Waals surface area contributed by atoms with Crippen molar-refractivity contribution in [3.63, 3.8) is 0 Å². The molecule has 3 heterocycles. The van der Waals surface area contributed by atoms with Gasteiger partial charge in [0, 0.05) is 32.4 Å². The van der Waals surface area contributed by atoms with Crippen molar-refractivity contribution >= 4 is 15.9 Å². The lowest BCUT2D eigenvalue weighted by molar-refractivity contribution is -0.135. The molecule has 0 bridgehead atoms. The van der Waals surface area contributed by atoms with Crippen LogP contribution in [0, 0.1) is 11.3 Å². The van der Waals surface area contributed by atoms with Crippen LogP contribution in [0.4, 0.5) is 0 Å². The van der Waals surface area contributed by atoms with Crippen LogP contribution in [0.25, 0.3) is 0 Å². The Morgan fingerprint density at radius 2 is 1.77 bits per heavy atom. The van der Waals surface area contributed by atoms with Crippen LogP contribution in [0.5, 0.6) is 0 Å². The Morgan fingerprint density at radius 3 is 2.33 bits per heavy atom. The number of benzene rings is 1. The first kappa shape index (κ1) is 20.2. The molecule has 0 radical (unpaired) electrons. The van der Waals surface area contributed by atoms with Gasteiger partial charge in [-0.1, -0.05) is 30.3 Å². The molecule has 1 aromatic heterocycles. The summed E-state index contributed by atoms with van der Waals surface area (Å²) in [6, 6.07) is 13.8. The molecule has 0 aliphatic carbocycles. The van der Waals surface area contributed by atoms with Gasteiger partial charge in [-0.2, -0.15) is 9.57 Å². The molecule has 30 heavy (non-hydrogen) atoms. The molecule has 8 nitrogen and oxygen atoms in total. The predicted octanol–water partition coefficient (Wildman–Crippen LogP) is 0.872. The molecule has 2 saturated heterocycles. The summed E-state index contributed by atoms with van der Waals surface area (Å²) in [4.78, 5) is 18.3. The molecule has 2 fully saturated rings. The molecule has 1 atom stereocenters. The molecule has 9 heteroatoms. The molecular weight excluding hydrogens is 404 g/mol. The normalized spacial score (nSPS) is 17.7. The highest BCUT2D eigenvalue weighted by atomic mass is 32.2. The average molecular weight is 424 g/mol. The monoisotopic (exact) mass is 424 g/mol. The van der Waals surface area contributed by atoms with Crippen molar-refractivity contribution in [3.8, 4) is 6.07 Å². The fraction of sp³-hybridized carbons (Fsp3) is 0.286. The summed E-state index contributed by atoms with van der Waals surface area (Å²) in [5, 5.41) is 18.4. The third-order valence-corrected chi connectivity index (χ3v) is 7.17. The minimum absolute atomic E-state index is 0.0791. The highest BCUT2D eigenvalue weighted by molar-refractivity contribution is 7.89. The van der Waals surface area contributed by atoms with Crippen LogP contribution in [-0.4, -0.2) is 66.4 Å². The Hall–Kier alpha value is -3.06. The molecule has 1 aromatic carbocycles. The fourth-order valence-corrected chi connectivity index (χ4v) is 4.87. The number of pyridine rings is 1. The maximum Gasteiger partial charge on any atom is 0.261 e. The van der Waals surface area contributed by atoms with Gasteiger partial charge < -0.3 is 10.0 Å². The van der Waals surface area contributed by atoms with Gasteiger partial charge in [-0.05, 0) is 28.8 Å². The maximum atomic E-state index is 12.7. The Balaban J connectivity index is 1.37. The van der Waals surface area contributed by atoms with Crippen molar-refractivity contribution in [1.82, 2.24) is 14.2 Å². The molecule has 1 N–H and O–H groups in total. The van der Waals surface area contributed by atoms with Gasteiger partial charge in [-0.15, -0.1) is 0 Å². The molecule has 154 valence electrons. The van der Waals surface area contributed by atoms with Crippen molar-refractivity contribution in [2.24, 2.45) is 0 Å². The van der Waals surface area contributed by atoms with Crippen LogP contribution < -0.4 is 0 Å². The first-order valence-corrected chi connectivity index (χ1v) is 10.9. The largest absolute Gasteiger partial charge is 0.395 e. The molecule has 2 aliphatic heterocycles. The molecule has 0 spiro atoms. The van der Waals surface area contributed by atoms with Gasteiger partial charge in [0.1, 0.15) is 6.07 Å². The van der Waals surface area contributed by atoms with Crippen LogP contribution >= 0.6 is 0 Å². The number of hydrogen-bond donors (Lipinski definition) is 1. The molecule has 0 unspecified atom stereocenters. The van der Waals surface area contributed by atoms with E-state index in [2.05, 4.69) is 4.98 Å². The quantitative estimate of drug-likeness (QED) is 0.713. The number of carbonyl (C=O) groups excluding carboxylic acids is 1. The number of amides is 1. The number of nitriles is 1. The number of carbonyl (C=O) groups is 1. The van der Waals surface area contributed by atoms with Crippen LogP contribution in [0.1, 0.15) is 17.0 Å². The lowest BCUT2D eigenvalue weighted by Crippen LogP contribution is -2.52. The first-order valence-electron chi connectivity index (χ1n) is 9.44. The zero-order valence-electron chi connectivity index (χ0n) is 16.1. The van der Waals surface area contributed by atoms with E-state index >= 15 is 0 Å². The Labute approximate surface area is 174 Å². The van der Waals surface area contributed by atoms with Gasteiger partial charge in [0.25, 0.3) is 10.0 Å². The van der Waals surface area contributed by atoms with E-state index in [0.717, 1.165) is 16.7 Å². The number of likely N-dealkylation sites (tertiary alicyclic amines) is 1. The summed E-state index contributed by atoms with van der Waals surface area (Å²) < 4.78 is 26.6. The average Bonchev–Trinajstić information content (AvgIpc) is 2.69. The SMILES string of the molecule is N#Cc1ccc(S(=O)(=O)N2CC(=C3CN(C(=O)[C@H](CO)c4ccccc4)C3)C2)nc1. The predicted molar refractivity (Wildman–Crippen MR) is 108 cm³/mol. The minimum Gasteiger partial charge on any atom is -0.395 e. The molecule has 4 rings (SSSR count). The standard InChI is InChI=1S/C21H20N4O4S/c22-8-15-6-7-20(23-9-15)30(28,29)25-12-18(13-25)17-10-24(11-17)21(27)19(14-26)16-4-2-1-3-5-16/h1-7,9,19,26H,10-14H2/t19-/m1/s1. The molecule has 2 aliphatic rings. The van der Waals surface area contributed by atoms with Crippen LogP contribution in [0.15, 0.2) is 64.8 Å². The lowest BCUT2D eigenvalue weighted by atomic mass is 9.92. The number of sulfonamides is 1. The van der Waals surface area contributed by atoms with Crippen LogP contribution in [0.2, 0.25) is 0 Å². The van der Waals surface area contributed by atoms with Crippen molar-refractivity contribution < 1.29 is 18.3 Å². The minimum atomic E-state index is -3.70. The summed E-state index contributed by atoms with van der Waals surface area (Å²) in [6.45, 7) is 1.23. The summed E-state index contributed by atoms with van der Waals surface area (Å²) >= 11 is 0. The van der Waals surface area contributed by atoms with Gasteiger partial charge >= 0.3 is 0 Å². The second-order valence-corrected chi connectivity index (χ2v) is 9.20. The van der Waals surface area contributed by atoms with Gasteiger partial charge in [0.2, 0.25) is 5.91 Å². The second-order valence-electron chi connectivity index (χ2n) is 7.32. The van der Waals surface area contributed by atoms with E-state index in [9.17, 15) is 18.3 Å². The number of aliphatic hydroxyl groups is 1. The third-order valence-electron chi connectivity index (χ3n) is 5.46. The van der Waals surface area contributed by atoms with Gasteiger partial charge in [0.05, 0.1) is 18.1 Å².